The first-order valence-electron chi connectivity index (χ1n) is 4.53. The molecule has 0 heterocycles. The van der Waals surface area contributed by atoms with E-state index in [0.29, 0.717) is 4.90 Å². The number of sulfonamides is 1. The van der Waals surface area contributed by atoms with Crippen molar-refractivity contribution in [3.63, 3.8) is 0 Å². The van der Waals surface area contributed by atoms with Crippen molar-refractivity contribution < 1.29 is 8.42 Å². The Morgan fingerprint density at radius 3 is 1.86 bits per heavy atom. The first kappa shape index (κ1) is 13.7. The van der Waals surface area contributed by atoms with Gasteiger partial charge in [-0.1, -0.05) is 18.2 Å². The molecule has 74 valence electrons. The van der Waals surface area contributed by atoms with Crippen LogP contribution >= 0.6 is 0 Å². The van der Waals surface area contributed by atoms with E-state index in [-0.39, 0.29) is 0 Å². The van der Waals surface area contributed by atoms with Gasteiger partial charge in [-0.3, -0.25) is 0 Å². The van der Waals surface area contributed by atoms with Crippen molar-refractivity contribution in [1.82, 2.24) is 4.31 Å². The van der Waals surface area contributed by atoms with Crippen molar-refractivity contribution in [2.24, 2.45) is 0 Å². The summed E-state index contributed by atoms with van der Waals surface area (Å²) in [5, 5.41) is 0. The summed E-state index contributed by atoms with van der Waals surface area (Å²) in [6.45, 7) is 0. The number of benzene rings is 1. The summed E-state index contributed by atoms with van der Waals surface area (Å²) in [6.07, 6.45) is 0. The van der Waals surface area contributed by atoms with Crippen LogP contribution < -0.4 is 0 Å². The van der Waals surface area contributed by atoms with Crippen LogP contribution in [0.1, 0.15) is 0 Å². The van der Waals surface area contributed by atoms with Gasteiger partial charge in [-0.15, -0.1) is 0 Å². The Labute approximate surface area is 95.4 Å². The van der Waals surface area contributed by atoms with Crippen molar-refractivity contribution in [3.8, 4) is 0 Å². The minimum atomic E-state index is -3.24. The third-order valence-corrected chi connectivity index (χ3v) is 3.35. The molecule has 1 aromatic carbocycles. The molecule has 0 radical (unpaired) electrons. The fraction of sp³-hybridized carbons (Fsp3) is 0.333. The van der Waals surface area contributed by atoms with Crippen LogP contribution in [0.5, 0.6) is 0 Å². The van der Waals surface area contributed by atoms with Crippen molar-refractivity contribution in [2.75, 3.05) is 14.1 Å². The fourth-order valence-corrected chi connectivity index (χ4v) is 1.73. The molecule has 0 aromatic heterocycles. The predicted molar refractivity (Wildman–Crippen MR) is 58.9 cm³/mol. The third-order valence-electron chi connectivity index (χ3n) is 1.52. The van der Waals surface area contributed by atoms with Gasteiger partial charge in [0.15, 0.2) is 0 Å². The van der Waals surface area contributed by atoms with Gasteiger partial charge in [-0.05, 0) is 12.1 Å². The Morgan fingerprint density at radius 2 is 1.50 bits per heavy atom. The van der Waals surface area contributed by atoms with Crippen LogP contribution in [0, 0.1) is 0 Å². The Balaban J connectivity index is 0.000000791. The van der Waals surface area contributed by atoms with Crippen LogP contribution in [-0.2, 0) is 10.0 Å². The van der Waals surface area contributed by atoms with Gasteiger partial charge in [0, 0.05) is 14.1 Å². The monoisotopic (exact) mass is 207 g/mol. The molecule has 14 heavy (non-hydrogen) atoms. The SMILES string of the molecule is CN(C)S(=O)(=O)c1ccccc1.[Li][CH3]. The molecule has 0 saturated carbocycles. The molecule has 1 rings (SSSR count). The Bertz CT molecular complexity index is 348. The second-order valence-electron chi connectivity index (χ2n) is 2.60. The molecule has 0 N–H and O–H groups in total. The third kappa shape index (κ3) is 3.47. The van der Waals surface area contributed by atoms with Crippen LogP contribution in [0.4, 0.5) is 0 Å². The molecule has 0 aliphatic heterocycles. The molecule has 0 saturated heterocycles. The van der Waals surface area contributed by atoms with Gasteiger partial charge < -0.3 is 0 Å². The molecular formula is C9H14LiNO2S. The summed E-state index contributed by atoms with van der Waals surface area (Å²) in [5.41, 5.74) is 2.00. The Morgan fingerprint density at radius 1 is 1.07 bits per heavy atom. The normalized spacial score (nSPS) is 10.7. The molecule has 0 aliphatic rings. The van der Waals surface area contributed by atoms with Crippen LogP contribution in [0.25, 0.3) is 0 Å². The molecular weight excluding hydrogens is 193 g/mol. The van der Waals surface area contributed by atoms with Crippen LogP contribution in [0.3, 0.4) is 0 Å². The van der Waals surface area contributed by atoms with E-state index in [0.717, 1.165) is 0 Å². The molecule has 5 heteroatoms. The maximum atomic E-state index is 11.5. The number of rotatable bonds is 2. The summed E-state index contributed by atoms with van der Waals surface area (Å²) in [6, 6.07) is 8.35. The summed E-state index contributed by atoms with van der Waals surface area (Å²) < 4.78 is 24.1. The molecule has 0 amide bonds. The Hall–Kier alpha value is -0.273. The average Bonchev–Trinajstić information content (AvgIpc) is 2.22. The van der Waals surface area contributed by atoms with Gasteiger partial charge in [-0.2, -0.15) is 0 Å². The minimum absolute atomic E-state index is 0.329. The molecule has 0 aliphatic carbocycles. The number of hydrogen-bond donors (Lipinski definition) is 0. The van der Waals surface area contributed by atoms with E-state index in [2.05, 4.69) is 0 Å². The second kappa shape index (κ2) is 6.26. The van der Waals surface area contributed by atoms with E-state index in [1.807, 2.05) is 23.3 Å². The van der Waals surface area contributed by atoms with Crippen molar-refractivity contribution in [2.45, 2.75) is 10.5 Å². The second-order valence-corrected chi connectivity index (χ2v) is 4.75. The quantitative estimate of drug-likeness (QED) is 0.682. The first-order valence-corrected chi connectivity index (χ1v) is 5.97. The summed E-state index contributed by atoms with van der Waals surface area (Å²) in [7, 11) is -0.211. The van der Waals surface area contributed by atoms with E-state index in [9.17, 15) is 8.42 Å². The van der Waals surface area contributed by atoms with Gasteiger partial charge in [0.2, 0.25) is 10.0 Å². The summed E-state index contributed by atoms with van der Waals surface area (Å²) >= 11 is 2.00. The van der Waals surface area contributed by atoms with E-state index < -0.39 is 10.0 Å². The first-order chi connectivity index (χ1) is 6.55. The van der Waals surface area contributed by atoms with Gasteiger partial charge >= 0.3 is 23.3 Å². The molecule has 3 nitrogen and oxygen atoms in total. The van der Waals surface area contributed by atoms with Crippen LogP contribution in [0.15, 0.2) is 35.2 Å². The maximum absolute atomic E-state index is 11.5. The molecule has 0 unspecified atom stereocenters. The fourth-order valence-electron chi connectivity index (χ4n) is 0.803. The topological polar surface area (TPSA) is 37.4 Å². The zero-order chi connectivity index (χ0) is 11.2. The predicted octanol–water partition coefficient (Wildman–Crippen LogP) is 1.14. The zero-order valence-corrected chi connectivity index (χ0v) is 9.88. The average molecular weight is 207 g/mol. The van der Waals surface area contributed by atoms with Crippen molar-refractivity contribution in [1.29, 1.82) is 0 Å². The zero-order valence-electron chi connectivity index (χ0n) is 9.06. The Kier molecular flexibility index (Phi) is 6.13. The van der Waals surface area contributed by atoms with Gasteiger partial charge in [0.1, 0.15) is 0 Å². The van der Waals surface area contributed by atoms with E-state index in [1.54, 1.807) is 30.3 Å². The van der Waals surface area contributed by atoms with Gasteiger partial charge in [0.05, 0.1) is 4.90 Å². The molecule has 0 fully saturated rings. The van der Waals surface area contributed by atoms with Gasteiger partial charge in [-0.25, -0.2) is 12.7 Å². The summed E-state index contributed by atoms with van der Waals surface area (Å²) in [5.74, 6) is 0. The molecule has 0 atom stereocenters. The van der Waals surface area contributed by atoms with E-state index in [1.165, 1.54) is 18.4 Å². The van der Waals surface area contributed by atoms with Gasteiger partial charge in [0.25, 0.3) is 0 Å². The van der Waals surface area contributed by atoms with Crippen LogP contribution in [0.2, 0.25) is 5.60 Å². The standard InChI is InChI=1S/C8H11NO2S.CH3.Li/c1-9(2)12(10,11)8-6-4-3-5-7-8;;/h3-7H,1-2H3;1H3;. The van der Waals surface area contributed by atoms with E-state index in [4.69, 9.17) is 0 Å². The van der Waals surface area contributed by atoms with E-state index >= 15 is 0 Å². The molecule has 0 bridgehead atoms. The summed E-state index contributed by atoms with van der Waals surface area (Å²) in [4.78, 5) is 0.329. The number of nitrogens with zero attached hydrogens (tertiary/aromatic N) is 1. The van der Waals surface area contributed by atoms with Crippen molar-refractivity contribution in [3.05, 3.63) is 30.3 Å². The number of hydrogen-bond acceptors (Lipinski definition) is 2. The molecule has 1 aromatic rings. The van der Waals surface area contributed by atoms with Crippen molar-refractivity contribution >= 4 is 27.7 Å². The molecule has 0 spiro atoms. The van der Waals surface area contributed by atoms with Crippen LogP contribution in [-0.4, -0.2) is 44.5 Å².